The minimum Gasteiger partial charge on any atom is -0.393 e. The predicted molar refractivity (Wildman–Crippen MR) is 74.0 cm³/mol. The van der Waals surface area contributed by atoms with Crippen LogP contribution in [0.5, 0.6) is 0 Å². The van der Waals surface area contributed by atoms with Gasteiger partial charge in [-0.2, -0.15) is 0 Å². The maximum absolute atomic E-state index is 10.3. The zero-order valence-corrected chi connectivity index (χ0v) is 12.3. The van der Waals surface area contributed by atoms with Gasteiger partial charge in [0.15, 0.2) is 0 Å². The van der Waals surface area contributed by atoms with Crippen molar-refractivity contribution in [1.29, 1.82) is 0 Å². The minimum absolute atomic E-state index is 0.0880. The largest absolute Gasteiger partial charge is 0.393 e. The van der Waals surface area contributed by atoms with Crippen LogP contribution in [-0.2, 0) is 0 Å². The van der Waals surface area contributed by atoms with E-state index in [9.17, 15) is 5.11 Å². The van der Waals surface area contributed by atoms with E-state index in [0.717, 1.165) is 26.1 Å². The average molecular weight is 241 g/mol. The van der Waals surface area contributed by atoms with Gasteiger partial charge in [0.1, 0.15) is 0 Å². The van der Waals surface area contributed by atoms with Gasteiger partial charge in [0.25, 0.3) is 0 Å². The van der Waals surface area contributed by atoms with Gasteiger partial charge in [0.05, 0.1) is 6.10 Å². The molecule has 0 saturated heterocycles. The highest BCUT2D eigenvalue weighted by Crippen LogP contribution is 2.34. The molecule has 0 spiro atoms. The van der Waals surface area contributed by atoms with Gasteiger partial charge in [0, 0.05) is 19.0 Å². The number of aliphatic hydroxyl groups is 1. The van der Waals surface area contributed by atoms with Gasteiger partial charge in [0.2, 0.25) is 0 Å². The van der Waals surface area contributed by atoms with Crippen molar-refractivity contribution in [3.8, 4) is 0 Å². The topological polar surface area (TPSA) is 23.5 Å². The highest BCUT2D eigenvalue weighted by molar-refractivity contribution is 4.84. The molecule has 0 radical (unpaired) electrons. The second-order valence-corrected chi connectivity index (χ2v) is 6.53. The highest BCUT2D eigenvalue weighted by atomic mass is 16.3. The van der Waals surface area contributed by atoms with Crippen LogP contribution in [0.1, 0.15) is 47.5 Å². The third-order valence-corrected chi connectivity index (χ3v) is 4.18. The standard InChI is InChI=1S/C15H31NO/c1-6-16(9-11(2)3)10-14-13(5)7-12(4)8-15(14)17/h11-15,17H,6-10H2,1-5H3. The smallest absolute Gasteiger partial charge is 0.0585 e. The van der Waals surface area contributed by atoms with Gasteiger partial charge >= 0.3 is 0 Å². The van der Waals surface area contributed by atoms with Gasteiger partial charge in [-0.1, -0.05) is 34.6 Å². The van der Waals surface area contributed by atoms with E-state index in [-0.39, 0.29) is 6.10 Å². The van der Waals surface area contributed by atoms with Crippen LogP contribution in [-0.4, -0.2) is 35.7 Å². The van der Waals surface area contributed by atoms with Crippen molar-refractivity contribution in [3.05, 3.63) is 0 Å². The lowest BCUT2D eigenvalue weighted by Gasteiger charge is -2.39. The summed E-state index contributed by atoms with van der Waals surface area (Å²) in [4.78, 5) is 2.50. The minimum atomic E-state index is -0.0880. The van der Waals surface area contributed by atoms with E-state index in [0.29, 0.717) is 23.7 Å². The first-order valence-electron chi connectivity index (χ1n) is 7.34. The van der Waals surface area contributed by atoms with Crippen molar-refractivity contribution in [1.82, 2.24) is 4.90 Å². The number of nitrogens with zero attached hydrogens (tertiary/aromatic N) is 1. The fourth-order valence-electron chi connectivity index (χ4n) is 3.32. The van der Waals surface area contributed by atoms with Gasteiger partial charge < -0.3 is 10.0 Å². The van der Waals surface area contributed by atoms with Crippen LogP contribution in [0.4, 0.5) is 0 Å². The Morgan fingerprint density at radius 3 is 2.35 bits per heavy atom. The van der Waals surface area contributed by atoms with E-state index in [4.69, 9.17) is 0 Å². The Hall–Kier alpha value is -0.0800. The first kappa shape index (κ1) is 15.0. The number of hydrogen-bond acceptors (Lipinski definition) is 2. The molecule has 1 N–H and O–H groups in total. The van der Waals surface area contributed by atoms with Crippen molar-refractivity contribution in [3.63, 3.8) is 0 Å². The molecule has 2 nitrogen and oxygen atoms in total. The summed E-state index contributed by atoms with van der Waals surface area (Å²) in [5, 5.41) is 10.3. The Morgan fingerprint density at radius 2 is 1.88 bits per heavy atom. The molecule has 0 amide bonds. The monoisotopic (exact) mass is 241 g/mol. The highest BCUT2D eigenvalue weighted by Gasteiger charge is 2.33. The Morgan fingerprint density at radius 1 is 1.24 bits per heavy atom. The van der Waals surface area contributed by atoms with E-state index < -0.39 is 0 Å². The van der Waals surface area contributed by atoms with Gasteiger partial charge in [-0.15, -0.1) is 0 Å². The molecule has 1 aliphatic rings. The lowest BCUT2D eigenvalue weighted by molar-refractivity contribution is -0.00278. The molecule has 1 rings (SSSR count). The second kappa shape index (κ2) is 6.75. The van der Waals surface area contributed by atoms with Crippen molar-refractivity contribution in [2.75, 3.05) is 19.6 Å². The number of hydrogen-bond donors (Lipinski definition) is 1. The Balaban J connectivity index is 2.52. The molecule has 1 aliphatic carbocycles. The molecular weight excluding hydrogens is 210 g/mol. The molecule has 4 unspecified atom stereocenters. The van der Waals surface area contributed by atoms with E-state index in [1.807, 2.05) is 0 Å². The van der Waals surface area contributed by atoms with Crippen molar-refractivity contribution in [2.24, 2.45) is 23.7 Å². The first-order chi connectivity index (χ1) is 7.93. The Bertz CT molecular complexity index is 205. The van der Waals surface area contributed by atoms with Crippen LogP contribution in [0, 0.1) is 23.7 Å². The summed E-state index contributed by atoms with van der Waals surface area (Å²) in [5.74, 6) is 2.54. The summed E-state index contributed by atoms with van der Waals surface area (Å²) >= 11 is 0. The molecule has 17 heavy (non-hydrogen) atoms. The van der Waals surface area contributed by atoms with Crippen LogP contribution in [0.15, 0.2) is 0 Å². The van der Waals surface area contributed by atoms with E-state index in [1.54, 1.807) is 0 Å². The molecule has 0 aromatic carbocycles. The fraction of sp³-hybridized carbons (Fsp3) is 1.00. The van der Waals surface area contributed by atoms with E-state index in [1.165, 1.54) is 6.42 Å². The molecule has 0 aliphatic heterocycles. The zero-order valence-electron chi connectivity index (χ0n) is 12.3. The second-order valence-electron chi connectivity index (χ2n) is 6.53. The van der Waals surface area contributed by atoms with E-state index >= 15 is 0 Å². The SMILES string of the molecule is CCN(CC(C)C)CC1C(C)CC(C)CC1O. The summed E-state index contributed by atoms with van der Waals surface area (Å²) in [6.45, 7) is 14.7. The molecule has 0 aromatic rings. The van der Waals surface area contributed by atoms with Crippen LogP contribution < -0.4 is 0 Å². The summed E-state index contributed by atoms with van der Waals surface area (Å²) in [6, 6.07) is 0. The maximum Gasteiger partial charge on any atom is 0.0585 e. The first-order valence-corrected chi connectivity index (χ1v) is 7.34. The van der Waals surface area contributed by atoms with Crippen molar-refractivity contribution < 1.29 is 5.11 Å². The third-order valence-electron chi connectivity index (χ3n) is 4.18. The number of rotatable bonds is 5. The maximum atomic E-state index is 10.3. The molecule has 102 valence electrons. The van der Waals surface area contributed by atoms with Crippen LogP contribution >= 0.6 is 0 Å². The average Bonchev–Trinajstić information content (AvgIpc) is 2.20. The summed E-state index contributed by atoms with van der Waals surface area (Å²) in [7, 11) is 0. The summed E-state index contributed by atoms with van der Waals surface area (Å²) < 4.78 is 0. The lowest BCUT2D eigenvalue weighted by Crippen LogP contribution is -2.43. The van der Waals surface area contributed by atoms with Crippen LogP contribution in [0.2, 0.25) is 0 Å². The normalized spacial score (nSPS) is 34.6. The molecule has 0 bridgehead atoms. The Labute approximate surface area is 107 Å². The molecule has 2 heteroatoms. The predicted octanol–water partition coefficient (Wildman–Crippen LogP) is 3.01. The van der Waals surface area contributed by atoms with Crippen molar-refractivity contribution >= 4 is 0 Å². The molecular formula is C15H31NO. The molecule has 0 aromatic heterocycles. The molecule has 1 fully saturated rings. The van der Waals surface area contributed by atoms with Crippen molar-refractivity contribution in [2.45, 2.75) is 53.6 Å². The molecule has 0 heterocycles. The zero-order chi connectivity index (χ0) is 13.0. The summed E-state index contributed by atoms with van der Waals surface area (Å²) in [6.07, 6.45) is 2.19. The van der Waals surface area contributed by atoms with Gasteiger partial charge in [-0.25, -0.2) is 0 Å². The number of aliphatic hydroxyl groups excluding tert-OH is 1. The van der Waals surface area contributed by atoms with Crippen LogP contribution in [0.25, 0.3) is 0 Å². The lowest BCUT2D eigenvalue weighted by atomic mass is 9.73. The molecule has 1 saturated carbocycles. The van der Waals surface area contributed by atoms with Gasteiger partial charge in [-0.05, 0) is 37.1 Å². The molecule has 4 atom stereocenters. The van der Waals surface area contributed by atoms with Crippen LogP contribution in [0.3, 0.4) is 0 Å². The summed E-state index contributed by atoms with van der Waals surface area (Å²) in [5.41, 5.74) is 0. The van der Waals surface area contributed by atoms with Gasteiger partial charge in [-0.3, -0.25) is 0 Å². The quantitative estimate of drug-likeness (QED) is 0.800. The third kappa shape index (κ3) is 4.59. The Kier molecular flexibility index (Phi) is 5.94. The van der Waals surface area contributed by atoms with E-state index in [2.05, 4.69) is 39.5 Å². The fourth-order valence-corrected chi connectivity index (χ4v) is 3.32.